The zero-order valence-electron chi connectivity index (χ0n) is 16.3. The highest BCUT2D eigenvalue weighted by Gasteiger charge is 2.20. The zero-order valence-corrected chi connectivity index (χ0v) is 16.3. The van der Waals surface area contributed by atoms with E-state index in [1.165, 1.54) is 0 Å². The van der Waals surface area contributed by atoms with Crippen molar-refractivity contribution in [1.82, 2.24) is 10.2 Å². The topological polar surface area (TPSA) is 58.6 Å². The molecule has 0 radical (unpaired) electrons. The molecule has 0 spiro atoms. The molecule has 0 fully saturated rings. The number of methoxy groups -OCH3 is 1. The van der Waals surface area contributed by atoms with E-state index in [4.69, 9.17) is 4.74 Å². The van der Waals surface area contributed by atoms with Crippen molar-refractivity contribution in [1.29, 1.82) is 0 Å². The van der Waals surface area contributed by atoms with Crippen molar-refractivity contribution in [2.45, 2.75) is 39.3 Å². The minimum absolute atomic E-state index is 0.0322. The second-order valence-corrected chi connectivity index (χ2v) is 6.73. The first kappa shape index (κ1) is 20.5. The van der Waals surface area contributed by atoms with E-state index >= 15 is 0 Å². The van der Waals surface area contributed by atoms with E-state index in [1.54, 1.807) is 12.0 Å². The fourth-order valence-corrected chi connectivity index (χ4v) is 2.78. The van der Waals surface area contributed by atoms with E-state index in [1.807, 2.05) is 68.4 Å². The molecule has 5 heteroatoms. The molecule has 0 aromatic heterocycles. The quantitative estimate of drug-likeness (QED) is 0.692. The minimum atomic E-state index is -0.243. The Morgan fingerprint density at radius 3 is 2.26 bits per heavy atom. The third-order valence-corrected chi connectivity index (χ3v) is 4.35. The lowest BCUT2D eigenvalue weighted by Gasteiger charge is -2.26. The number of carbonyl (C=O) groups is 2. The average molecular weight is 368 g/mol. The van der Waals surface area contributed by atoms with Gasteiger partial charge in [-0.05, 0) is 43.5 Å². The summed E-state index contributed by atoms with van der Waals surface area (Å²) in [6.07, 6.45) is 0.579. The largest absolute Gasteiger partial charge is 0.497 e. The van der Waals surface area contributed by atoms with Crippen LogP contribution in [0.2, 0.25) is 0 Å². The van der Waals surface area contributed by atoms with Gasteiger partial charge in [-0.3, -0.25) is 9.59 Å². The number of nitrogens with zero attached hydrogens (tertiary/aromatic N) is 1. The van der Waals surface area contributed by atoms with Crippen molar-refractivity contribution in [3.8, 4) is 5.75 Å². The number of hydrogen-bond acceptors (Lipinski definition) is 3. The van der Waals surface area contributed by atoms with E-state index in [9.17, 15) is 9.59 Å². The van der Waals surface area contributed by atoms with Gasteiger partial charge >= 0.3 is 0 Å². The molecule has 27 heavy (non-hydrogen) atoms. The molecule has 2 rings (SSSR count). The molecule has 0 saturated heterocycles. The van der Waals surface area contributed by atoms with Gasteiger partial charge in [0.25, 0.3) is 0 Å². The van der Waals surface area contributed by atoms with Crippen LogP contribution in [0.25, 0.3) is 0 Å². The first-order valence-electron chi connectivity index (χ1n) is 9.22. The molecule has 0 atom stereocenters. The van der Waals surface area contributed by atoms with Crippen LogP contribution < -0.4 is 10.1 Å². The van der Waals surface area contributed by atoms with Crippen molar-refractivity contribution < 1.29 is 14.3 Å². The molecule has 0 aliphatic rings. The molecule has 1 N–H and O–H groups in total. The average Bonchev–Trinajstić information content (AvgIpc) is 2.67. The Hall–Kier alpha value is -2.82. The van der Waals surface area contributed by atoms with E-state index in [2.05, 4.69) is 5.32 Å². The Balaban J connectivity index is 1.80. The smallest absolute Gasteiger partial charge is 0.232 e. The van der Waals surface area contributed by atoms with Crippen LogP contribution in [0.1, 0.15) is 31.4 Å². The Morgan fingerprint density at radius 2 is 1.67 bits per heavy atom. The first-order chi connectivity index (χ1) is 13.0. The number of benzene rings is 2. The van der Waals surface area contributed by atoms with E-state index in [0.29, 0.717) is 19.5 Å². The maximum absolute atomic E-state index is 12.6. The third kappa shape index (κ3) is 6.77. The number of ether oxygens (including phenoxy) is 1. The van der Waals surface area contributed by atoms with Gasteiger partial charge in [0.1, 0.15) is 12.2 Å². The van der Waals surface area contributed by atoms with Crippen molar-refractivity contribution in [2.75, 3.05) is 13.7 Å². The Labute approximate surface area is 161 Å². The summed E-state index contributed by atoms with van der Waals surface area (Å²) in [5, 5.41) is 2.83. The number of carbonyl (C=O) groups excluding carboxylic acids is 2. The van der Waals surface area contributed by atoms with Crippen molar-refractivity contribution in [3.05, 3.63) is 65.7 Å². The Bertz CT molecular complexity index is 727. The van der Waals surface area contributed by atoms with Crippen LogP contribution in [0.5, 0.6) is 5.75 Å². The molecule has 0 aliphatic carbocycles. The molecule has 2 amide bonds. The fraction of sp³-hybridized carbons (Fsp3) is 0.364. The summed E-state index contributed by atoms with van der Waals surface area (Å²) in [6, 6.07) is 17.6. The van der Waals surface area contributed by atoms with Gasteiger partial charge in [0.2, 0.25) is 11.8 Å². The lowest BCUT2D eigenvalue weighted by Crippen LogP contribution is -2.39. The van der Waals surface area contributed by atoms with Gasteiger partial charge in [0.15, 0.2) is 0 Å². The van der Waals surface area contributed by atoms with E-state index < -0.39 is 0 Å². The Morgan fingerprint density at radius 1 is 1.00 bits per heavy atom. The monoisotopic (exact) mass is 368 g/mol. The maximum atomic E-state index is 12.6. The lowest BCUT2D eigenvalue weighted by atomic mass is 10.1. The van der Waals surface area contributed by atoms with Gasteiger partial charge in [0.05, 0.1) is 7.11 Å². The summed E-state index contributed by atoms with van der Waals surface area (Å²) in [5.41, 5.74) is 2.16. The summed E-state index contributed by atoms with van der Waals surface area (Å²) < 4.78 is 5.13. The highest BCUT2D eigenvalue weighted by Crippen LogP contribution is 2.12. The van der Waals surface area contributed by atoms with Gasteiger partial charge in [-0.15, -0.1) is 0 Å². The fourth-order valence-electron chi connectivity index (χ4n) is 2.78. The van der Waals surface area contributed by atoms with Crippen molar-refractivity contribution >= 4 is 11.8 Å². The molecule has 0 heterocycles. The molecule has 5 nitrogen and oxygen atoms in total. The zero-order chi connectivity index (χ0) is 19.6. The van der Waals surface area contributed by atoms with Crippen molar-refractivity contribution in [2.24, 2.45) is 0 Å². The standard InChI is InChI=1S/C22H28N2O3/c1-17(2)24(16-19-7-5-4-6-8-19)22(26)15-21(25)23-14-13-18-9-11-20(27-3)12-10-18/h4-12,17H,13-16H2,1-3H3,(H,23,25). The summed E-state index contributed by atoms with van der Waals surface area (Å²) in [6.45, 7) is 4.93. The van der Waals surface area contributed by atoms with Crippen LogP contribution >= 0.6 is 0 Å². The van der Waals surface area contributed by atoms with Crippen LogP contribution in [0.4, 0.5) is 0 Å². The first-order valence-corrected chi connectivity index (χ1v) is 9.22. The Kier molecular flexibility index (Phi) is 7.86. The summed E-state index contributed by atoms with van der Waals surface area (Å²) in [7, 11) is 1.63. The van der Waals surface area contributed by atoms with Crippen LogP contribution in [0.3, 0.4) is 0 Å². The normalized spacial score (nSPS) is 10.5. The van der Waals surface area contributed by atoms with Gasteiger partial charge in [-0.1, -0.05) is 42.5 Å². The van der Waals surface area contributed by atoms with Crippen LogP contribution in [0, 0.1) is 0 Å². The summed E-state index contributed by atoms with van der Waals surface area (Å²) in [5.74, 6) is 0.406. The van der Waals surface area contributed by atoms with E-state index in [-0.39, 0.29) is 24.3 Å². The second kappa shape index (κ2) is 10.4. The molecule has 0 saturated carbocycles. The summed E-state index contributed by atoms with van der Waals surface area (Å²) in [4.78, 5) is 26.4. The number of hydrogen-bond donors (Lipinski definition) is 1. The predicted octanol–water partition coefficient (Wildman–Crippen LogP) is 3.18. The van der Waals surface area contributed by atoms with Gasteiger partial charge in [0, 0.05) is 19.1 Å². The van der Waals surface area contributed by atoms with Gasteiger partial charge < -0.3 is 15.0 Å². The summed E-state index contributed by atoms with van der Waals surface area (Å²) >= 11 is 0. The lowest BCUT2D eigenvalue weighted by molar-refractivity contribution is -0.137. The van der Waals surface area contributed by atoms with Gasteiger partial charge in [-0.25, -0.2) is 0 Å². The highest BCUT2D eigenvalue weighted by atomic mass is 16.5. The molecule has 0 unspecified atom stereocenters. The van der Waals surface area contributed by atoms with Crippen LogP contribution in [0.15, 0.2) is 54.6 Å². The molecule has 144 valence electrons. The number of nitrogens with one attached hydrogen (secondary N) is 1. The molecule has 0 aliphatic heterocycles. The van der Waals surface area contributed by atoms with Gasteiger partial charge in [-0.2, -0.15) is 0 Å². The highest BCUT2D eigenvalue weighted by molar-refractivity contribution is 5.96. The second-order valence-electron chi connectivity index (χ2n) is 6.73. The molecular formula is C22H28N2O3. The molecule has 0 bridgehead atoms. The van der Waals surface area contributed by atoms with Crippen LogP contribution in [-0.2, 0) is 22.6 Å². The van der Waals surface area contributed by atoms with Crippen molar-refractivity contribution in [3.63, 3.8) is 0 Å². The van der Waals surface area contributed by atoms with Crippen LogP contribution in [-0.4, -0.2) is 36.4 Å². The molecule has 2 aromatic carbocycles. The maximum Gasteiger partial charge on any atom is 0.232 e. The molecular weight excluding hydrogens is 340 g/mol. The number of rotatable bonds is 9. The minimum Gasteiger partial charge on any atom is -0.497 e. The molecule has 2 aromatic rings. The third-order valence-electron chi connectivity index (χ3n) is 4.35. The SMILES string of the molecule is COc1ccc(CCNC(=O)CC(=O)N(Cc2ccccc2)C(C)C)cc1. The predicted molar refractivity (Wildman–Crippen MR) is 106 cm³/mol. The number of amides is 2. The van der Waals surface area contributed by atoms with E-state index in [0.717, 1.165) is 16.9 Å².